The lowest BCUT2D eigenvalue weighted by atomic mass is 10.2. The Labute approximate surface area is 257 Å². The number of aromatic nitrogens is 1. The average Bonchev–Trinajstić information content (AvgIpc) is 3.38. The Morgan fingerprint density at radius 1 is 1.10 bits per heavy atom. The van der Waals surface area contributed by atoms with E-state index in [4.69, 9.17) is 44.3 Å². The monoisotopic (exact) mass is 683 g/mol. The molecule has 0 unspecified atom stereocenters. The molecule has 1 heterocycles. The number of rotatable bonds is 11. The van der Waals surface area contributed by atoms with E-state index in [-0.39, 0.29) is 18.3 Å². The standard InChI is InChI=1S/C27H21BrCl3N3O3S2/c1-2-36-24-10-16(9-21(28)26(24)37-13-18-5-8-20(30)11-22(18)31)12-32-34-25(35)15-39-27-33-23(14-38-27)17-3-6-19(29)7-4-17/h3-12,14H,2,13,15H2,1H3,(H,34,35)/b32-12+. The molecule has 1 aromatic heterocycles. The summed E-state index contributed by atoms with van der Waals surface area (Å²) in [7, 11) is 0. The van der Waals surface area contributed by atoms with E-state index in [0.29, 0.717) is 43.2 Å². The zero-order valence-electron chi connectivity index (χ0n) is 20.4. The van der Waals surface area contributed by atoms with Gasteiger partial charge in [-0.3, -0.25) is 4.79 Å². The number of thioether (sulfide) groups is 1. The van der Waals surface area contributed by atoms with Gasteiger partial charge >= 0.3 is 0 Å². The van der Waals surface area contributed by atoms with Crippen molar-refractivity contribution < 1.29 is 14.3 Å². The minimum atomic E-state index is -0.247. The van der Waals surface area contributed by atoms with Gasteiger partial charge in [0, 0.05) is 31.6 Å². The highest BCUT2D eigenvalue weighted by Gasteiger charge is 2.14. The van der Waals surface area contributed by atoms with Crippen LogP contribution in [-0.4, -0.2) is 29.5 Å². The van der Waals surface area contributed by atoms with E-state index in [2.05, 4.69) is 31.4 Å². The third-order valence-corrected chi connectivity index (χ3v) is 8.52. The number of benzene rings is 3. The van der Waals surface area contributed by atoms with Gasteiger partial charge in [0.2, 0.25) is 0 Å². The van der Waals surface area contributed by atoms with Crippen molar-refractivity contribution in [1.29, 1.82) is 0 Å². The van der Waals surface area contributed by atoms with Crippen molar-refractivity contribution in [3.05, 3.63) is 90.6 Å². The van der Waals surface area contributed by atoms with E-state index in [1.54, 1.807) is 18.2 Å². The summed E-state index contributed by atoms with van der Waals surface area (Å²) >= 11 is 24.6. The Bertz CT molecular complexity index is 1480. The van der Waals surface area contributed by atoms with Gasteiger partial charge in [-0.25, -0.2) is 10.4 Å². The second-order valence-corrected chi connectivity index (χ2v) is 12.1. The van der Waals surface area contributed by atoms with Gasteiger partial charge in [-0.05, 0) is 64.8 Å². The number of nitrogens with one attached hydrogen (secondary N) is 1. The molecule has 0 aliphatic heterocycles. The minimum Gasteiger partial charge on any atom is -0.490 e. The molecule has 3 aromatic carbocycles. The van der Waals surface area contributed by atoms with Crippen LogP contribution in [0.1, 0.15) is 18.1 Å². The fourth-order valence-corrected chi connectivity index (χ4v) is 6.06. The number of hydrogen-bond acceptors (Lipinski definition) is 7. The van der Waals surface area contributed by atoms with Crippen molar-refractivity contribution in [2.75, 3.05) is 12.4 Å². The first kappa shape index (κ1) is 29.7. The molecule has 0 saturated carbocycles. The van der Waals surface area contributed by atoms with Gasteiger partial charge in [0.15, 0.2) is 15.8 Å². The van der Waals surface area contributed by atoms with Crippen LogP contribution >= 0.6 is 73.8 Å². The number of thiazole rings is 1. The van der Waals surface area contributed by atoms with E-state index >= 15 is 0 Å². The van der Waals surface area contributed by atoms with Crippen LogP contribution in [0.25, 0.3) is 11.3 Å². The van der Waals surface area contributed by atoms with Crippen molar-refractivity contribution in [2.45, 2.75) is 17.9 Å². The van der Waals surface area contributed by atoms with Crippen molar-refractivity contribution in [3.8, 4) is 22.8 Å². The highest BCUT2D eigenvalue weighted by molar-refractivity contribution is 9.10. The van der Waals surface area contributed by atoms with Crippen molar-refractivity contribution >= 4 is 86.0 Å². The molecular weight excluding hydrogens is 665 g/mol. The van der Waals surface area contributed by atoms with E-state index < -0.39 is 0 Å². The number of amides is 1. The van der Waals surface area contributed by atoms with Gasteiger partial charge in [-0.1, -0.05) is 64.8 Å². The molecule has 0 fully saturated rings. The predicted octanol–water partition coefficient (Wildman–Crippen LogP) is 8.75. The SMILES string of the molecule is CCOc1cc(/C=N/NC(=O)CSc2nc(-c3ccc(Cl)cc3)cs2)cc(Br)c1OCc1ccc(Cl)cc1Cl. The topological polar surface area (TPSA) is 72.8 Å². The molecule has 202 valence electrons. The van der Waals surface area contributed by atoms with Crippen molar-refractivity contribution in [3.63, 3.8) is 0 Å². The Kier molecular flexibility index (Phi) is 11.0. The third kappa shape index (κ3) is 8.61. The van der Waals surface area contributed by atoms with Gasteiger partial charge in [0.1, 0.15) is 6.61 Å². The smallest absolute Gasteiger partial charge is 0.250 e. The van der Waals surface area contributed by atoms with Crippen LogP contribution < -0.4 is 14.9 Å². The van der Waals surface area contributed by atoms with E-state index in [9.17, 15) is 4.79 Å². The maximum absolute atomic E-state index is 12.3. The van der Waals surface area contributed by atoms with Crippen LogP contribution in [0.5, 0.6) is 11.5 Å². The Morgan fingerprint density at radius 3 is 2.62 bits per heavy atom. The van der Waals surface area contributed by atoms with E-state index in [1.807, 2.05) is 48.7 Å². The molecule has 1 N–H and O–H groups in total. The van der Waals surface area contributed by atoms with Crippen LogP contribution in [0.4, 0.5) is 0 Å². The number of ether oxygens (including phenoxy) is 2. The minimum absolute atomic E-state index is 0.179. The number of carbonyl (C=O) groups excluding carboxylic acids is 1. The Hall–Kier alpha value is -2.27. The lowest BCUT2D eigenvalue weighted by molar-refractivity contribution is -0.118. The van der Waals surface area contributed by atoms with Crippen LogP contribution in [0.3, 0.4) is 0 Å². The van der Waals surface area contributed by atoms with Gasteiger partial charge in [0.25, 0.3) is 5.91 Å². The van der Waals surface area contributed by atoms with Crippen molar-refractivity contribution in [2.24, 2.45) is 5.10 Å². The van der Waals surface area contributed by atoms with Gasteiger partial charge < -0.3 is 9.47 Å². The molecule has 0 spiro atoms. The number of hydrogen-bond donors (Lipinski definition) is 1. The van der Waals surface area contributed by atoms with Crippen LogP contribution in [0.15, 0.2) is 73.9 Å². The molecule has 12 heteroatoms. The highest BCUT2D eigenvalue weighted by Crippen LogP contribution is 2.37. The summed E-state index contributed by atoms with van der Waals surface area (Å²) in [5, 5.41) is 7.79. The van der Waals surface area contributed by atoms with E-state index in [0.717, 1.165) is 21.2 Å². The Morgan fingerprint density at radius 2 is 1.87 bits per heavy atom. The highest BCUT2D eigenvalue weighted by atomic mass is 79.9. The molecule has 4 aromatic rings. The molecule has 0 saturated heterocycles. The lowest BCUT2D eigenvalue weighted by Gasteiger charge is -2.15. The van der Waals surface area contributed by atoms with Crippen LogP contribution in [0, 0.1) is 0 Å². The molecule has 0 bridgehead atoms. The fourth-order valence-electron chi connectivity index (χ4n) is 3.27. The number of carbonyl (C=O) groups is 1. The molecule has 6 nitrogen and oxygen atoms in total. The second kappa shape index (κ2) is 14.4. The first-order valence-corrected chi connectivity index (χ1v) is 15.3. The molecule has 1 amide bonds. The first-order chi connectivity index (χ1) is 18.8. The summed E-state index contributed by atoms with van der Waals surface area (Å²) in [6, 6.07) is 16.3. The average molecular weight is 686 g/mol. The number of nitrogens with zero attached hydrogens (tertiary/aromatic N) is 2. The molecule has 0 aliphatic carbocycles. The Balaban J connectivity index is 1.33. The molecule has 39 heavy (non-hydrogen) atoms. The van der Waals surface area contributed by atoms with Gasteiger partial charge in [0.05, 0.1) is 28.7 Å². The van der Waals surface area contributed by atoms with Gasteiger partial charge in [-0.2, -0.15) is 5.10 Å². The molecule has 0 aliphatic rings. The summed E-state index contributed by atoms with van der Waals surface area (Å²) in [4.78, 5) is 16.9. The number of halogens is 4. The summed E-state index contributed by atoms with van der Waals surface area (Å²) in [5.74, 6) is 0.990. The van der Waals surface area contributed by atoms with Crippen LogP contribution in [0.2, 0.25) is 15.1 Å². The normalized spacial score (nSPS) is 11.1. The summed E-state index contributed by atoms with van der Waals surface area (Å²) in [6.07, 6.45) is 1.54. The first-order valence-electron chi connectivity index (χ1n) is 11.5. The van der Waals surface area contributed by atoms with Gasteiger partial charge in [-0.15, -0.1) is 11.3 Å². The second-order valence-electron chi connectivity index (χ2n) is 7.87. The zero-order valence-corrected chi connectivity index (χ0v) is 25.9. The molecule has 0 radical (unpaired) electrons. The van der Waals surface area contributed by atoms with E-state index in [1.165, 1.54) is 29.3 Å². The molecule has 4 rings (SSSR count). The maximum Gasteiger partial charge on any atom is 0.250 e. The zero-order chi connectivity index (χ0) is 27.8. The quantitative estimate of drug-likeness (QED) is 0.0972. The summed E-state index contributed by atoms with van der Waals surface area (Å²) < 4.78 is 13.2. The summed E-state index contributed by atoms with van der Waals surface area (Å²) in [6.45, 7) is 2.55. The molecule has 0 atom stereocenters. The fraction of sp³-hybridized carbons (Fsp3) is 0.148. The third-order valence-electron chi connectivity index (χ3n) is 5.07. The largest absolute Gasteiger partial charge is 0.490 e. The summed E-state index contributed by atoms with van der Waals surface area (Å²) in [5.41, 5.74) is 5.87. The lowest BCUT2D eigenvalue weighted by Crippen LogP contribution is -2.19. The number of hydrazone groups is 1. The predicted molar refractivity (Wildman–Crippen MR) is 165 cm³/mol. The van der Waals surface area contributed by atoms with Crippen molar-refractivity contribution in [1.82, 2.24) is 10.4 Å². The van der Waals surface area contributed by atoms with Crippen LogP contribution in [-0.2, 0) is 11.4 Å². The maximum atomic E-state index is 12.3. The molecular formula is C27H21BrCl3N3O3S2.